The van der Waals surface area contributed by atoms with Crippen LogP contribution in [0, 0.1) is 5.92 Å². The molecule has 0 aliphatic heterocycles. The van der Waals surface area contributed by atoms with E-state index < -0.39 is 0 Å². The molecule has 2 rings (SSSR count). The number of ether oxygens (including phenoxy) is 3. The van der Waals surface area contributed by atoms with Crippen LogP contribution in [-0.2, 0) is 14.3 Å². The third kappa shape index (κ3) is 2.77. The van der Waals surface area contributed by atoms with Gasteiger partial charge in [-0.1, -0.05) is 12.1 Å². The third-order valence-corrected chi connectivity index (χ3v) is 2.92. The van der Waals surface area contributed by atoms with E-state index >= 15 is 0 Å². The van der Waals surface area contributed by atoms with Gasteiger partial charge in [0.05, 0.1) is 13.0 Å². The van der Waals surface area contributed by atoms with Crippen LogP contribution in [0.5, 0.6) is 5.75 Å². The highest BCUT2D eigenvalue weighted by molar-refractivity contribution is 5.77. The second-order valence-electron chi connectivity index (χ2n) is 4.10. The van der Waals surface area contributed by atoms with Gasteiger partial charge < -0.3 is 14.2 Å². The molecule has 1 aromatic rings. The molecule has 0 aromatic heterocycles. The Morgan fingerprint density at radius 1 is 1.41 bits per heavy atom. The normalized spacial score (nSPS) is 22.0. The second-order valence-corrected chi connectivity index (χ2v) is 4.10. The maximum Gasteiger partial charge on any atom is 0.309 e. The van der Waals surface area contributed by atoms with Crippen LogP contribution in [0.3, 0.4) is 0 Å². The van der Waals surface area contributed by atoms with Gasteiger partial charge in [0.1, 0.15) is 5.75 Å². The van der Waals surface area contributed by atoms with Crippen LogP contribution in [0.1, 0.15) is 17.9 Å². The maximum absolute atomic E-state index is 11.3. The summed E-state index contributed by atoms with van der Waals surface area (Å²) in [6, 6.07) is 7.75. The number of esters is 1. The number of methoxy groups -OCH3 is 2. The molecule has 4 heteroatoms. The van der Waals surface area contributed by atoms with Crippen molar-refractivity contribution in [2.75, 3.05) is 21.0 Å². The monoisotopic (exact) mass is 236 g/mol. The van der Waals surface area contributed by atoms with Crippen LogP contribution in [0.4, 0.5) is 0 Å². The highest BCUT2D eigenvalue weighted by Gasteiger charge is 2.44. The minimum atomic E-state index is -0.127. The van der Waals surface area contributed by atoms with Crippen molar-refractivity contribution in [1.29, 1.82) is 0 Å². The smallest absolute Gasteiger partial charge is 0.309 e. The van der Waals surface area contributed by atoms with E-state index in [-0.39, 0.29) is 24.6 Å². The number of hydrogen-bond acceptors (Lipinski definition) is 4. The lowest BCUT2D eigenvalue weighted by Crippen LogP contribution is -2.04. The van der Waals surface area contributed by atoms with Gasteiger partial charge in [0, 0.05) is 7.11 Å². The molecule has 0 heterocycles. The Kier molecular flexibility index (Phi) is 3.64. The lowest BCUT2D eigenvalue weighted by atomic mass is 10.1. The molecule has 1 fully saturated rings. The number of carbonyl (C=O) groups is 1. The average molecular weight is 236 g/mol. The molecular weight excluding hydrogens is 220 g/mol. The molecule has 0 unspecified atom stereocenters. The molecule has 1 aromatic carbocycles. The minimum absolute atomic E-state index is 0.0117. The summed E-state index contributed by atoms with van der Waals surface area (Å²) in [5.41, 5.74) is 1.12. The Balaban J connectivity index is 2.00. The molecule has 2 atom stereocenters. The third-order valence-electron chi connectivity index (χ3n) is 2.92. The first-order valence-corrected chi connectivity index (χ1v) is 5.55. The summed E-state index contributed by atoms with van der Waals surface area (Å²) in [7, 11) is 3.01. The predicted molar refractivity (Wildman–Crippen MR) is 61.8 cm³/mol. The van der Waals surface area contributed by atoms with Gasteiger partial charge in [0.2, 0.25) is 0 Å². The van der Waals surface area contributed by atoms with Crippen molar-refractivity contribution >= 4 is 5.97 Å². The molecule has 0 spiro atoms. The van der Waals surface area contributed by atoms with Crippen LogP contribution in [0.2, 0.25) is 0 Å². The number of rotatable bonds is 5. The van der Waals surface area contributed by atoms with Gasteiger partial charge in [-0.2, -0.15) is 0 Å². The Morgan fingerprint density at radius 2 is 2.24 bits per heavy atom. The summed E-state index contributed by atoms with van der Waals surface area (Å²) >= 11 is 0. The van der Waals surface area contributed by atoms with Crippen LogP contribution < -0.4 is 4.74 Å². The summed E-state index contributed by atoms with van der Waals surface area (Å²) in [5, 5.41) is 0. The lowest BCUT2D eigenvalue weighted by Gasteiger charge is -2.06. The molecule has 0 radical (unpaired) electrons. The summed E-state index contributed by atoms with van der Waals surface area (Å²) in [6.45, 7) is 0.231. The zero-order valence-corrected chi connectivity index (χ0v) is 10.0. The highest BCUT2D eigenvalue weighted by atomic mass is 16.7. The quantitative estimate of drug-likeness (QED) is 0.579. The maximum atomic E-state index is 11.3. The van der Waals surface area contributed by atoms with Crippen molar-refractivity contribution in [3.8, 4) is 5.75 Å². The van der Waals surface area contributed by atoms with E-state index in [9.17, 15) is 4.79 Å². The molecular formula is C13H16O4. The van der Waals surface area contributed by atoms with Gasteiger partial charge in [-0.3, -0.25) is 4.79 Å². The Morgan fingerprint density at radius 3 is 2.94 bits per heavy atom. The van der Waals surface area contributed by atoms with Gasteiger partial charge in [-0.15, -0.1) is 0 Å². The van der Waals surface area contributed by atoms with Gasteiger partial charge >= 0.3 is 5.97 Å². The Bertz CT molecular complexity index is 402. The number of benzene rings is 1. The number of carbonyl (C=O) groups excluding carboxylic acids is 1. The van der Waals surface area contributed by atoms with Crippen LogP contribution in [0.25, 0.3) is 0 Å². The second kappa shape index (κ2) is 5.19. The van der Waals surface area contributed by atoms with Gasteiger partial charge in [0.15, 0.2) is 6.79 Å². The summed E-state index contributed by atoms with van der Waals surface area (Å²) < 4.78 is 14.9. The molecule has 4 nitrogen and oxygen atoms in total. The summed E-state index contributed by atoms with van der Waals surface area (Å²) in [5.74, 6) is 0.921. The van der Waals surface area contributed by atoms with E-state index in [0.29, 0.717) is 0 Å². The molecule has 0 bridgehead atoms. The zero-order valence-electron chi connectivity index (χ0n) is 10.0. The van der Waals surface area contributed by atoms with E-state index in [1.807, 2.05) is 24.3 Å². The molecule has 17 heavy (non-hydrogen) atoms. The SMILES string of the molecule is COCOc1cccc([C@@H]2C[C@H]2C(=O)OC)c1. The molecule has 92 valence electrons. The van der Waals surface area contributed by atoms with E-state index in [1.54, 1.807) is 7.11 Å². The van der Waals surface area contributed by atoms with E-state index in [1.165, 1.54) is 7.11 Å². The minimum Gasteiger partial charge on any atom is -0.469 e. The fraction of sp³-hybridized carbons (Fsp3) is 0.462. The van der Waals surface area contributed by atoms with Gasteiger partial charge in [-0.25, -0.2) is 0 Å². The van der Waals surface area contributed by atoms with Crippen LogP contribution in [0.15, 0.2) is 24.3 Å². The van der Waals surface area contributed by atoms with Crippen molar-refractivity contribution in [3.63, 3.8) is 0 Å². The van der Waals surface area contributed by atoms with Gasteiger partial charge in [0.25, 0.3) is 0 Å². The summed E-state index contributed by atoms with van der Waals surface area (Å²) in [6.07, 6.45) is 0.862. The Hall–Kier alpha value is -1.55. The summed E-state index contributed by atoms with van der Waals surface area (Å²) in [4.78, 5) is 11.3. The van der Waals surface area contributed by atoms with Crippen molar-refractivity contribution in [1.82, 2.24) is 0 Å². The molecule has 1 saturated carbocycles. The van der Waals surface area contributed by atoms with Crippen molar-refractivity contribution in [2.45, 2.75) is 12.3 Å². The zero-order chi connectivity index (χ0) is 12.3. The average Bonchev–Trinajstić information content (AvgIpc) is 3.16. The first kappa shape index (κ1) is 11.9. The molecule has 0 saturated heterocycles. The molecule has 0 amide bonds. The van der Waals surface area contributed by atoms with Crippen molar-refractivity contribution in [2.24, 2.45) is 5.92 Å². The van der Waals surface area contributed by atoms with E-state index in [2.05, 4.69) is 0 Å². The predicted octanol–water partition coefficient (Wildman–Crippen LogP) is 1.95. The standard InChI is InChI=1S/C13H16O4/c1-15-8-17-10-5-3-4-9(6-10)11-7-12(11)13(14)16-2/h3-6,11-12H,7-8H2,1-2H3/t11-,12+/m0/s1. The number of hydrogen-bond donors (Lipinski definition) is 0. The van der Waals surface area contributed by atoms with Crippen molar-refractivity contribution in [3.05, 3.63) is 29.8 Å². The molecule has 0 N–H and O–H groups in total. The lowest BCUT2D eigenvalue weighted by molar-refractivity contribution is -0.142. The fourth-order valence-corrected chi connectivity index (χ4v) is 1.94. The van der Waals surface area contributed by atoms with E-state index in [4.69, 9.17) is 14.2 Å². The highest BCUT2D eigenvalue weighted by Crippen LogP contribution is 2.48. The van der Waals surface area contributed by atoms with E-state index in [0.717, 1.165) is 17.7 Å². The largest absolute Gasteiger partial charge is 0.469 e. The first-order chi connectivity index (χ1) is 8.26. The van der Waals surface area contributed by atoms with Crippen molar-refractivity contribution < 1.29 is 19.0 Å². The molecule has 1 aliphatic rings. The fourth-order valence-electron chi connectivity index (χ4n) is 1.94. The van der Waals surface area contributed by atoms with Crippen LogP contribution >= 0.6 is 0 Å². The first-order valence-electron chi connectivity index (χ1n) is 5.55. The topological polar surface area (TPSA) is 44.8 Å². The Labute approximate surface area is 100 Å². The van der Waals surface area contributed by atoms with Gasteiger partial charge in [-0.05, 0) is 30.0 Å². The molecule has 1 aliphatic carbocycles. The van der Waals surface area contributed by atoms with Crippen LogP contribution in [-0.4, -0.2) is 27.0 Å².